The molecule has 0 radical (unpaired) electrons. The molecule has 0 aromatic rings. The minimum Gasteiger partial charge on any atom is -0.377 e. The van der Waals surface area contributed by atoms with Crippen molar-refractivity contribution in [1.29, 1.82) is 0 Å². The molecule has 0 spiro atoms. The van der Waals surface area contributed by atoms with Gasteiger partial charge in [0.05, 0.1) is 17.6 Å². The summed E-state index contributed by atoms with van der Waals surface area (Å²) in [7, 11) is 0. The highest BCUT2D eigenvalue weighted by molar-refractivity contribution is 6.18. The zero-order valence-corrected chi connectivity index (χ0v) is 11.3. The number of rotatable bonds is 4. The molecule has 2 fully saturated rings. The first-order valence-corrected chi connectivity index (χ1v) is 7.24. The minimum atomic E-state index is -0.139. The molecule has 98 valence electrons. The van der Waals surface area contributed by atoms with E-state index in [0.29, 0.717) is 12.5 Å². The van der Waals surface area contributed by atoms with Crippen LogP contribution in [0, 0.1) is 5.92 Å². The van der Waals surface area contributed by atoms with Gasteiger partial charge in [0.2, 0.25) is 5.91 Å². The van der Waals surface area contributed by atoms with E-state index in [9.17, 15) is 4.79 Å². The SMILES string of the molecule is CCC1OCCC1C(=O)NC1(CCl)CCCC1. The van der Waals surface area contributed by atoms with E-state index in [1.165, 1.54) is 12.8 Å². The zero-order chi connectivity index (χ0) is 12.3. The summed E-state index contributed by atoms with van der Waals surface area (Å²) in [6.45, 7) is 2.79. The third-order valence-electron chi connectivity index (χ3n) is 4.15. The normalized spacial score (nSPS) is 31.6. The molecule has 1 N–H and O–H groups in total. The van der Waals surface area contributed by atoms with E-state index >= 15 is 0 Å². The second-order valence-electron chi connectivity index (χ2n) is 5.32. The highest BCUT2D eigenvalue weighted by atomic mass is 35.5. The standard InChI is InChI=1S/C13H22ClNO2/c1-2-11-10(5-8-17-11)12(16)15-13(9-14)6-3-4-7-13/h10-11H,2-9H2,1H3,(H,15,16). The van der Waals surface area contributed by atoms with Crippen LogP contribution >= 0.6 is 11.6 Å². The fourth-order valence-electron chi connectivity index (χ4n) is 3.05. The van der Waals surface area contributed by atoms with Crippen molar-refractivity contribution >= 4 is 17.5 Å². The number of amides is 1. The molecular weight excluding hydrogens is 238 g/mol. The van der Waals surface area contributed by atoms with Crippen molar-refractivity contribution in [1.82, 2.24) is 5.32 Å². The van der Waals surface area contributed by atoms with Crippen LogP contribution in [0.4, 0.5) is 0 Å². The second-order valence-corrected chi connectivity index (χ2v) is 5.59. The molecule has 1 saturated carbocycles. The Labute approximate surface area is 108 Å². The lowest BCUT2D eigenvalue weighted by Gasteiger charge is -2.30. The largest absolute Gasteiger partial charge is 0.377 e. The number of halogens is 1. The highest BCUT2D eigenvalue weighted by Gasteiger charge is 2.39. The first-order chi connectivity index (χ1) is 8.21. The molecule has 1 saturated heterocycles. The molecule has 2 atom stereocenters. The number of carbonyl (C=O) groups is 1. The van der Waals surface area contributed by atoms with E-state index in [2.05, 4.69) is 12.2 Å². The quantitative estimate of drug-likeness (QED) is 0.788. The number of hydrogen-bond acceptors (Lipinski definition) is 2. The molecule has 17 heavy (non-hydrogen) atoms. The molecule has 2 unspecified atom stereocenters. The average molecular weight is 260 g/mol. The van der Waals surface area contributed by atoms with Gasteiger partial charge in [-0.2, -0.15) is 0 Å². The Hall–Kier alpha value is -0.280. The summed E-state index contributed by atoms with van der Waals surface area (Å²) in [6.07, 6.45) is 6.24. The van der Waals surface area contributed by atoms with Crippen LogP contribution in [0.3, 0.4) is 0 Å². The lowest BCUT2D eigenvalue weighted by atomic mass is 9.94. The van der Waals surface area contributed by atoms with Gasteiger partial charge in [0.1, 0.15) is 0 Å². The van der Waals surface area contributed by atoms with Gasteiger partial charge in [0.15, 0.2) is 0 Å². The Morgan fingerprint density at radius 1 is 1.47 bits per heavy atom. The summed E-state index contributed by atoms with van der Waals surface area (Å²) < 4.78 is 5.57. The average Bonchev–Trinajstić information content (AvgIpc) is 2.97. The number of nitrogens with one attached hydrogen (secondary N) is 1. The summed E-state index contributed by atoms with van der Waals surface area (Å²) >= 11 is 6.04. The van der Waals surface area contributed by atoms with Crippen LogP contribution in [0.5, 0.6) is 0 Å². The predicted octanol–water partition coefficient (Wildman–Crippen LogP) is 2.47. The van der Waals surface area contributed by atoms with Gasteiger partial charge < -0.3 is 10.1 Å². The lowest BCUT2D eigenvalue weighted by molar-refractivity contribution is -0.128. The first-order valence-electron chi connectivity index (χ1n) is 6.70. The van der Waals surface area contributed by atoms with E-state index in [0.717, 1.165) is 25.7 Å². The molecule has 4 heteroatoms. The van der Waals surface area contributed by atoms with E-state index in [4.69, 9.17) is 16.3 Å². The van der Waals surface area contributed by atoms with Crippen molar-refractivity contribution in [3.8, 4) is 0 Å². The van der Waals surface area contributed by atoms with Gasteiger partial charge in [-0.3, -0.25) is 4.79 Å². The van der Waals surface area contributed by atoms with E-state index < -0.39 is 0 Å². The molecule has 3 nitrogen and oxygen atoms in total. The van der Waals surface area contributed by atoms with Gasteiger partial charge in [-0.1, -0.05) is 19.8 Å². The summed E-state index contributed by atoms with van der Waals surface area (Å²) in [5, 5.41) is 3.20. The van der Waals surface area contributed by atoms with Crippen molar-refractivity contribution in [2.24, 2.45) is 5.92 Å². The van der Waals surface area contributed by atoms with Crippen LogP contribution in [0.2, 0.25) is 0 Å². The molecule has 1 aliphatic carbocycles. The zero-order valence-electron chi connectivity index (χ0n) is 10.5. The van der Waals surface area contributed by atoms with Gasteiger partial charge in [0, 0.05) is 12.5 Å². The summed E-state index contributed by atoms with van der Waals surface area (Å²) in [5.74, 6) is 0.709. The monoisotopic (exact) mass is 259 g/mol. The second kappa shape index (κ2) is 5.57. The Morgan fingerprint density at radius 2 is 2.18 bits per heavy atom. The van der Waals surface area contributed by atoms with Crippen molar-refractivity contribution < 1.29 is 9.53 Å². The smallest absolute Gasteiger partial charge is 0.226 e. The fourth-order valence-corrected chi connectivity index (χ4v) is 3.38. The Kier molecular flexibility index (Phi) is 4.31. The number of hydrogen-bond donors (Lipinski definition) is 1. The van der Waals surface area contributed by atoms with Crippen LogP contribution in [0.1, 0.15) is 45.4 Å². The number of carbonyl (C=O) groups excluding carboxylic acids is 1. The van der Waals surface area contributed by atoms with Crippen LogP contribution in [0.25, 0.3) is 0 Å². The third-order valence-corrected chi connectivity index (χ3v) is 4.67. The summed E-state index contributed by atoms with van der Waals surface area (Å²) in [4.78, 5) is 12.3. The number of ether oxygens (including phenoxy) is 1. The summed E-state index contributed by atoms with van der Waals surface area (Å²) in [5.41, 5.74) is -0.139. The van der Waals surface area contributed by atoms with Gasteiger partial charge in [0.25, 0.3) is 0 Å². The van der Waals surface area contributed by atoms with Crippen LogP contribution in [-0.2, 0) is 9.53 Å². The lowest BCUT2D eigenvalue weighted by Crippen LogP contribution is -2.51. The maximum atomic E-state index is 12.3. The Morgan fingerprint density at radius 3 is 2.76 bits per heavy atom. The van der Waals surface area contributed by atoms with Gasteiger partial charge >= 0.3 is 0 Å². The predicted molar refractivity (Wildman–Crippen MR) is 68.2 cm³/mol. The third kappa shape index (κ3) is 2.76. The Bertz CT molecular complexity index is 277. The van der Waals surface area contributed by atoms with Crippen molar-refractivity contribution in [3.05, 3.63) is 0 Å². The molecule has 0 aromatic carbocycles. The summed E-state index contributed by atoms with van der Waals surface area (Å²) in [6, 6.07) is 0. The number of alkyl halides is 1. The van der Waals surface area contributed by atoms with Crippen molar-refractivity contribution in [3.63, 3.8) is 0 Å². The van der Waals surface area contributed by atoms with E-state index in [1.54, 1.807) is 0 Å². The van der Waals surface area contributed by atoms with Gasteiger partial charge in [-0.05, 0) is 25.7 Å². The molecule has 2 rings (SSSR count). The molecule has 0 bridgehead atoms. The molecule has 1 aliphatic heterocycles. The van der Waals surface area contributed by atoms with Crippen molar-refractivity contribution in [2.75, 3.05) is 12.5 Å². The molecular formula is C13H22ClNO2. The highest BCUT2D eigenvalue weighted by Crippen LogP contribution is 2.32. The first kappa shape index (κ1) is 13.2. The van der Waals surface area contributed by atoms with Gasteiger partial charge in [-0.15, -0.1) is 11.6 Å². The van der Waals surface area contributed by atoms with E-state index in [-0.39, 0.29) is 23.5 Å². The van der Waals surface area contributed by atoms with Gasteiger partial charge in [-0.25, -0.2) is 0 Å². The molecule has 1 heterocycles. The van der Waals surface area contributed by atoms with Crippen LogP contribution < -0.4 is 5.32 Å². The van der Waals surface area contributed by atoms with Crippen LogP contribution in [-0.4, -0.2) is 30.0 Å². The Balaban J connectivity index is 1.95. The fraction of sp³-hybridized carbons (Fsp3) is 0.923. The molecule has 2 aliphatic rings. The van der Waals surface area contributed by atoms with Crippen molar-refractivity contribution in [2.45, 2.75) is 57.1 Å². The maximum absolute atomic E-state index is 12.3. The van der Waals surface area contributed by atoms with Crippen LogP contribution in [0.15, 0.2) is 0 Å². The topological polar surface area (TPSA) is 38.3 Å². The molecule has 0 aromatic heterocycles. The van der Waals surface area contributed by atoms with E-state index in [1.807, 2.05) is 0 Å². The minimum absolute atomic E-state index is 0.0284. The maximum Gasteiger partial charge on any atom is 0.226 e. The molecule has 1 amide bonds.